The van der Waals surface area contributed by atoms with Gasteiger partial charge < -0.3 is 10.2 Å². The van der Waals surface area contributed by atoms with E-state index in [9.17, 15) is 18.4 Å². The van der Waals surface area contributed by atoms with Crippen molar-refractivity contribution in [3.05, 3.63) is 29.8 Å². The molecule has 4 nitrogen and oxygen atoms in total. The Morgan fingerprint density at radius 2 is 1.79 bits per heavy atom. The molecule has 0 aliphatic heterocycles. The molecule has 0 saturated heterocycles. The fraction of sp³-hybridized carbons (Fsp3) is 0.385. The van der Waals surface area contributed by atoms with Crippen molar-refractivity contribution in [2.24, 2.45) is 0 Å². The van der Waals surface area contributed by atoms with Crippen molar-refractivity contribution in [3.63, 3.8) is 0 Å². The highest BCUT2D eigenvalue weighted by molar-refractivity contribution is 5.94. The van der Waals surface area contributed by atoms with Crippen molar-refractivity contribution < 1.29 is 18.4 Å². The average Bonchev–Trinajstić information content (AvgIpc) is 2.30. The van der Waals surface area contributed by atoms with Crippen molar-refractivity contribution in [2.75, 3.05) is 11.9 Å². The van der Waals surface area contributed by atoms with Crippen LogP contribution in [-0.4, -0.2) is 29.3 Å². The second kappa shape index (κ2) is 6.26. The molecule has 0 fully saturated rings. The molecule has 1 rings (SSSR count). The second-order valence-corrected chi connectivity index (χ2v) is 4.39. The molecule has 0 saturated carbocycles. The van der Waals surface area contributed by atoms with Crippen LogP contribution in [0.2, 0.25) is 0 Å². The van der Waals surface area contributed by atoms with Gasteiger partial charge in [0.1, 0.15) is 23.9 Å². The number of para-hydroxylation sites is 1. The number of carbonyl (C=O) groups is 2. The summed E-state index contributed by atoms with van der Waals surface area (Å²) in [6.45, 7) is 4.58. The lowest BCUT2D eigenvalue weighted by atomic mass is 10.2. The molecule has 2 amide bonds. The Morgan fingerprint density at radius 1 is 1.26 bits per heavy atom. The molecule has 0 atom stereocenters. The summed E-state index contributed by atoms with van der Waals surface area (Å²) in [4.78, 5) is 24.3. The minimum atomic E-state index is -0.854. The standard InChI is InChI=1S/C13H16F2N2O2/c1-8(2)17(9(3)18)7-12(19)16-13-10(14)5-4-6-11(13)15/h4-6,8H,7H2,1-3H3,(H,16,19). The predicted molar refractivity (Wildman–Crippen MR) is 67.5 cm³/mol. The van der Waals surface area contributed by atoms with Gasteiger partial charge in [-0.1, -0.05) is 6.07 Å². The third-order valence-corrected chi connectivity index (χ3v) is 2.57. The minimum Gasteiger partial charge on any atom is -0.331 e. The first-order chi connectivity index (χ1) is 8.82. The number of anilines is 1. The van der Waals surface area contributed by atoms with Gasteiger partial charge in [0.15, 0.2) is 0 Å². The molecule has 104 valence electrons. The van der Waals surface area contributed by atoms with Gasteiger partial charge in [-0.3, -0.25) is 9.59 Å². The summed E-state index contributed by atoms with van der Waals surface area (Å²) in [7, 11) is 0. The molecular formula is C13H16F2N2O2. The fourth-order valence-electron chi connectivity index (χ4n) is 1.61. The van der Waals surface area contributed by atoms with Crippen molar-refractivity contribution >= 4 is 17.5 Å². The lowest BCUT2D eigenvalue weighted by Crippen LogP contribution is -2.41. The number of nitrogens with zero attached hydrogens (tertiary/aromatic N) is 1. The Labute approximate surface area is 110 Å². The molecule has 0 bridgehead atoms. The third-order valence-electron chi connectivity index (χ3n) is 2.57. The summed E-state index contributed by atoms with van der Waals surface area (Å²) >= 11 is 0. The molecule has 0 radical (unpaired) electrons. The van der Waals surface area contributed by atoms with Crippen LogP contribution in [-0.2, 0) is 9.59 Å². The molecule has 0 aromatic heterocycles. The van der Waals surface area contributed by atoms with Crippen molar-refractivity contribution in [3.8, 4) is 0 Å². The number of rotatable bonds is 4. The highest BCUT2D eigenvalue weighted by atomic mass is 19.1. The van der Waals surface area contributed by atoms with Crippen molar-refractivity contribution in [1.82, 2.24) is 4.90 Å². The maximum Gasteiger partial charge on any atom is 0.244 e. The number of halogens is 2. The topological polar surface area (TPSA) is 49.4 Å². The first kappa shape index (κ1) is 15.1. The number of hydrogen-bond donors (Lipinski definition) is 1. The number of amides is 2. The zero-order valence-corrected chi connectivity index (χ0v) is 11.0. The van der Waals surface area contributed by atoms with E-state index in [-0.39, 0.29) is 18.5 Å². The van der Waals surface area contributed by atoms with E-state index in [1.54, 1.807) is 13.8 Å². The first-order valence-corrected chi connectivity index (χ1v) is 5.84. The van der Waals surface area contributed by atoms with Crippen LogP contribution in [0.25, 0.3) is 0 Å². The summed E-state index contributed by atoms with van der Waals surface area (Å²) in [5.74, 6) is -2.63. The molecule has 1 aromatic rings. The molecular weight excluding hydrogens is 254 g/mol. The van der Waals surface area contributed by atoms with Crippen LogP contribution in [0.1, 0.15) is 20.8 Å². The molecule has 0 unspecified atom stereocenters. The Bertz CT molecular complexity index is 469. The van der Waals surface area contributed by atoms with E-state index in [1.165, 1.54) is 17.9 Å². The van der Waals surface area contributed by atoms with E-state index < -0.39 is 23.2 Å². The highest BCUT2D eigenvalue weighted by Gasteiger charge is 2.18. The summed E-state index contributed by atoms with van der Waals surface area (Å²) in [5, 5.41) is 2.14. The van der Waals surface area contributed by atoms with Gasteiger partial charge in [0.05, 0.1) is 0 Å². The molecule has 1 aromatic carbocycles. The van der Waals surface area contributed by atoms with Gasteiger partial charge in [-0.2, -0.15) is 0 Å². The van der Waals surface area contributed by atoms with E-state index in [1.807, 2.05) is 0 Å². The smallest absolute Gasteiger partial charge is 0.244 e. The van der Waals surface area contributed by atoms with Gasteiger partial charge >= 0.3 is 0 Å². The molecule has 19 heavy (non-hydrogen) atoms. The predicted octanol–water partition coefficient (Wildman–Crippen LogP) is 2.16. The van der Waals surface area contributed by atoms with Gasteiger partial charge in [-0.15, -0.1) is 0 Å². The van der Waals surface area contributed by atoms with Gasteiger partial charge in [-0.25, -0.2) is 8.78 Å². The van der Waals surface area contributed by atoms with Crippen LogP contribution in [0.3, 0.4) is 0 Å². The third kappa shape index (κ3) is 4.01. The van der Waals surface area contributed by atoms with E-state index in [0.29, 0.717) is 0 Å². The number of benzene rings is 1. The number of nitrogens with one attached hydrogen (secondary N) is 1. The first-order valence-electron chi connectivity index (χ1n) is 5.84. The van der Waals surface area contributed by atoms with Crippen LogP contribution in [0.5, 0.6) is 0 Å². The second-order valence-electron chi connectivity index (χ2n) is 4.39. The monoisotopic (exact) mass is 270 g/mol. The Morgan fingerprint density at radius 3 is 2.21 bits per heavy atom. The number of hydrogen-bond acceptors (Lipinski definition) is 2. The van der Waals surface area contributed by atoms with Crippen LogP contribution >= 0.6 is 0 Å². The zero-order valence-electron chi connectivity index (χ0n) is 11.0. The molecule has 1 N–H and O–H groups in total. The van der Waals surface area contributed by atoms with Gasteiger partial charge in [-0.05, 0) is 26.0 Å². The summed E-state index contributed by atoms with van der Waals surface area (Å²) in [6, 6.07) is 3.12. The SMILES string of the molecule is CC(=O)N(CC(=O)Nc1c(F)cccc1F)C(C)C. The van der Waals surface area contributed by atoms with Crippen LogP contribution in [0, 0.1) is 11.6 Å². The maximum absolute atomic E-state index is 13.3. The normalized spacial score (nSPS) is 10.4. The molecule has 0 aliphatic rings. The molecule has 6 heteroatoms. The number of carbonyl (C=O) groups excluding carboxylic acids is 2. The summed E-state index contributed by atoms with van der Waals surface area (Å²) < 4.78 is 26.7. The molecule has 0 spiro atoms. The lowest BCUT2D eigenvalue weighted by molar-refractivity contribution is -0.134. The summed E-state index contributed by atoms with van der Waals surface area (Å²) in [5.41, 5.74) is -0.500. The fourth-order valence-corrected chi connectivity index (χ4v) is 1.61. The quantitative estimate of drug-likeness (QED) is 0.911. The largest absolute Gasteiger partial charge is 0.331 e. The zero-order chi connectivity index (χ0) is 14.6. The Balaban J connectivity index is 2.78. The Hall–Kier alpha value is -1.98. The van der Waals surface area contributed by atoms with Crippen molar-refractivity contribution in [2.45, 2.75) is 26.8 Å². The van der Waals surface area contributed by atoms with E-state index in [2.05, 4.69) is 5.32 Å². The van der Waals surface area contributed by atoms with Gasteiger partial charge in [0.25, 0.3) is 0 Å². The lowest BCUT2D eigenvalue weighted by Gasteiger charge is -2.24. The highest BCUT2D eigenvalue weighted by Crippen LogP contribution is 2.17. The maximum atomic E-state index is 13.3. The molecule has 0 aliphatic carbocycles. The average molecular weight is 270 g/mol. The van der Waals surface area contributed by atoms with Gasteiger partial charge in [0.2, 0.25) is 11.8 Å². The van der Waals surface area contributed by atoms with Crippen LogP contribution < -0.4 is 5.32 Å². The van der Waals surface area contributed by atoms with E-state index in [0.717, 1.165) is 12.1 Å². The molecule has 0 heterocycles. The summed E-state index contributed by atoms with van der Waals surface area (Å²) in [6.07, 6.45) is 0. The van der Waals surface area contributed by atoms with E-state index >= 15 is 0 Å². The van der Waals surface area contributed by atoms with E-state index in [4.69, 9.17) is 0 Å². The van der Waals surface area contributed by atoms with Crippen molar-refractivity contribution in [1.29, 1.82) is 0 Å². The Kier molecular flexibility index (Phi) is 4.97. The van der Waals surface area contributed by atoms with Crippen LogP contribution in [0.15, 0.2) is 18.2 Å². The van der Waals surface area contributed by atoms with Gasteiger partial charge in [0, 0.05) is 13.0 Å². The van der Waals surface area contributed by atoms with Crippen LogP contribution in [0.4, 0.5) is 14.5 Å². The minimum absolute atomic E-state index is 0.172.